The van der Waals surface area contributed by atoms with Gasteiger partial charge in [0.25, 0.3) is 10.1 Å². The maximum atomic E-state index is 12.3. The van der Waals surface area contributed by atoms with Crippen molar-refractivity contribution in [3.8, 4) is 5.75 Å². The van der Waals surface area contributed by atoms with Gasteiger partial charge in [-0.1, -0.05) is 54.6 Å². The number of hydrogen-bond donors (Lipinski definition) is 4. The lowest BCUT2D eigenvalue weighted by Crippen LogP contribution is -2.20. The molecule has 4 aromatic carbocycles. The molecule has 5 aromatic rings. The van der Waals surface area contributed by atoms with E-state index < -0.39 is 20.8 Å². The van der Waals surface area contributed by atoms with E-state index in [-0.39, 0.29) is 34.4 Å². The van der Waals surface area contributed by atoms with Gasteiger partial charge in [0.05, 0.1) is 16.3 Å². The van der Waals surface area contributed by atoms with Gasteiger partial charge in [-0.3, -0.25) is 14.8 Å². The number of azo groups is 1. The number of phenols is 1. The molecule has 0 spiro atoms. The normalized spacial score (nSPS) is 11.8. The highest BCUT2D eigenvalue weighted by atomic mass is 35.5. The van der Waals surface area contributed by atoms with Crippen molar-refractivity contribution >= 4 is 68.5 Å². The molecule has 14 nitrogen and oxygen atoms in total. The lowest BCUT2D eigenvalue weighted by atomic mass is 10.2. The van der Waals surface area contributed by atoms with Crippen molar-refractivity contribution in [2.75, 3.05) is 22.2 Å². The summed E-state index contributed by atoms with van der Waals surface area (Å²) in [6.07, 6.45) is 0.643. The molecule has 4 N–H and O–H groups in total. The third kappa shape index (κ3) is 8.14. The van der Waals surface area contributed by atoms with Crippen molar-refractivity contribution in [3.05, 3.63) is 113 Å². The average molecular weight is 686 g/mol. The SMILES string of the molecule is CCN(c1cccc(C)c1)c1nc(Cl)nc(Nc2cc(S(=O)(=O)O)cc(NN=C(N=Nc3ccccc3C=O)c3ccccc3)c2O)n1. The highest BCUT2D eigenvalue weighted by Gasteiger charge is 2.20. The summed E-state index contributed by atoms with van der Waals surface area (Å²) < 4.78 is 34.4. The molecule has 0 unspecified atom stereocenters. The molecule has 1 heterocycles. The molecule has 0 bridgehead atoms. The Morgan fingerprint density at radius 1 is 0.958 bits per heavy atom. The molecular formula is C32H28ClN9O5S. The van der Waals surface area contributed by atoms with E-state index in [1.54, 1.807) is 59.5 Å². The molecular weight excluding hydrogens is 658 g/mol. The number of hydrogen-bond acceptors (Lipinski definition) is 12. The van der Waals surface area contributed by atoms with Crippen LogP contribution < -0.4 is 15.6 Å². The molecule has 0 amide bonds. The molecule has 244 valence electrons. The van der Waals surface area contributed by atoms with E-state index in [0.717, 1.165) is 23.4 Å². The molecule has 0 saturated carbocycles. The monoisotopic (exact) mass is 685 g/mol. The van der Waals surface area contributed by atoms with Crippen LogP contribution in [-0.4, -0.2) is 51.7 Å². The first-order valence-corrected chi connectivity index (χ1v) is 16.1. The van der Waals surface area contributed by atoms with Crippen LogP contribution >= 0.6 is 11.6 Å². The summed E-state index contributed by atoms with van der Waals surface area (Å²) in [6, 6.07) is 24.8. The second-order valence-electron chi connectivity index (χ2n) is 10.1. The van der Waals surface area contributed by atoms with Gasteiger partial charge in [-0.15, -0.1) is 10.2 Å². The number of nitrogens with one attached hydrogen (secondary N) is 2. The minimum Gasteiger partial charge on any atom is -0.504 e. The number of carbonyl (C=O) groups is 1. The second-order valence-corrected chi connectivity index (χ2v) is 11.8. The minimum atomic E-state index is -4.78. The quantitative estimate of drug-likeness (QED) is 0.0211. The van der Waals surface area contributed by atoms with E-state index in [0.29, 0.717) is 29.6 Å². The lowest BCUT2D eigenvalue weighted by molar-refractivity contribution is 0.112. The fourth-order valence-electron chi connectivity index (χ4n) is 4.43. The van der Waals surface area contributed by atoms with Gasteiger partial charge in [0.15, 0.2) is 12.0 Å². The van der Waals surface area contributed by atoms with Crippen LogP contribution in [-0.2, 0) is 10.1 Å². The molecule has 48 heavy (non-hydrogen) atoms. The zero-order chi connectivity index (χ0) is 34.3. The largest absolute Gasteiger partial charge is 0.504 e. The Hall–Kier alpha value is -5.77. The second kappa shape index (κ2) is 14.8. The van der Waals surface area contributed by atoms with Crippen LogP contribution in [0.4, 0.5) is 34.6 Å². The number of hydrazone groups is 1. The van der Waals surface area contributed by atoms with Crippen LogP contribution in [0, 0.1) is 6.92 Å². The average Bonchev–Trinajstić information content (AvgIpc) is 3.06. The van der Waals surface area contributed by atoms with E-state index in [2.05, 4.69) is 41.0 Å². The van der Waals surface area contributed by atoms with Crippen molar-refractivity contribution in [2.24, 2.45) is 15.3 Å². The number of rotatable bonds is 11. The number of amidine groups is 1. The van der Waals surface area contributed by atoms with Gasteiger partial charge < -0.3 is 15.3 Å². The van der Waals surface area contributed by atoms with E-state index in [4.69, 9.17) is 11.6 Å². The van der Waals surface area contributed by atoms with Gasteiger partial charge in [-0.25, -0.2) is 0 Å². The molecule has 0 aliphatic rings. The third-order valence-corrected chi connectivity index (χ3v) is 7.73. The summed E-state index contributed by atoms with van der Waals surface area (Å²) in [5, 5.41) is 26.4. The number of anilines is 5. The molecule has 0 aliphatic carbocycles. The number of carbonyl (C=O) groups excluding carboxylic acids is 1. The van der Waals surface area contributed by atoms with Gasteiger partial charge in [0, 0.05) is 23.4 Å². The number of aromatic nitrogens is 3. The topological polar surface area (TPSA) is 195 Å². The number of aryl methyl sites for hydroxylation is 1. The Bertz CT molecular complexity index is 2130. The minimum absolute atomic E-state index is 0.0205. The number of halogens is 1. The Balaban J connectivity index is 1.53. The summed E-state index contributed by atoms with van der Waals surface area (Å²) >= 11 is 6.25. The Morgan fingerprint density at radius 3 is 2.40 bits per heavy atom. The highest BCUT2D eigenvalue weighted by molar-refractivity contribution is 7.85. The van der Waals surface area contributed by atoms with Crippen LogP contribution in [0.2, 0.25) is 5.28 Å². The zero-order valence-corrected chi connectivity index (χ0v) is 27.1. The van der Waals surface area contributed by atoms with E-state index in [1.165, 1.54) is 0 Å². The molecule has 1 aromatic heterocycles. The number of phenolic OH excluding ortho intramolecular Hbond substituents is 1. The van der Waals surface area contributed by atoms with Crippen molar-refractivity contribution in [2.45, 2.75) is 18.7 Å². The fraction of sp³-hybridized carbons (Fsp3) is 0.0938. The maximum Gasteiger partial charge on any atom is 0.294 e. The van der Waals surface area contributed by atoms with Crippen LogP contribution in [0.15, 0.2) is 111 Å². The highest BCUT2D eigenvalue weighted by Crippen LogP contribution is 2.37. The summed E-state index contributed by atoms with van der Waals surface area (Å²) in [4.78, 5) is 25.4. The molecule has 0 atom stereocenters. The van der Waals surface area contributed by atoms with Crippen molar-refractivity contribution in [1.82, 2.24) is 15.0 Å². The number of benzene rings is 4. The summed E-state index contributed by atoms with van der Waals surface area (Å²) in [7, 11) is -4.78. The predicted octanol–water partition coefficient (Wildman–Crippen LogP) is 7.06. The molecule has 5 rings (SSSR count). The Labute approximate surface area is 280 Å². The summed E-state index contributed by atoms with van der Waals surface area (Å²) in [5.41, 5.74) is 5.07. The van der Waals surface area contributed by atoms with Gasteiger partial charge in [0.1, 0.15) is 5.69 Å². The Kier molecular flexibility index (Phi) is 10.3. The number of nitrogens with zero attached hydrogens (tertiary/aromatic N) is 7. The smallest absolute Gasteiger partial charge is 0.294 e. The van der Waals surface area contributed by atoms with Crippen LogP contribution in [0.5, 0.6) is 5.75 Å². The first kappa shape index (κ1) is 33.6. The molecule has 16 heteroatoms. The van der Waals surface area contributed by atoms with Gasteiger partial charge in [0.2, 0.25) is 23.0 Å². The standard InChI is InChI=1S/C32H28ClN9O5S/c1-3-42(23-14-9-10-20(2)16-23)32-36-30(33)35-31(37-32)34-26-17-24(48(45,46)47)18-27(28(26)44)39-41-29(21-11-5-4-6-12-21)40-38-25-15-8-7-13-22(25)19-43/h4-19,39,44H,3H2,1-2H3,(H,45,46,47)(H,34,35,36,37). The lowest BCUT2D eigenvalue weighted by Gasteiger charge is -2.22. The number of aromatic hydroxyl groups is 1. The van der Waals surface area contributed by atoms with Crippen molar-refractivity contribution in [3.63, 3.8) is 0 Å². The van der Waals surface area contributed by atoms with Gasteiger partial charge >= 0.3 is 0 Å². The van der Waals surface area contributed by atoms with Crippen molar-refractivity contribution in [1.29, 1.82) is 0 Å². The van der Waals surface area contributed by atoms with Gasteiger partial charge in [-0.05, 0) is 67.4 Å². The van der Waals surface area contributed by atoms with E-state index in [9.17, 15) is 22.9 Å². The third-order valence-electron chi connectivity index (χ3n) is 6.73. The summed E-state index contributed by atoms with van der Waals surface area (Å²) in [6.45, 7) is 4.32. The predicted molar refractivity (Wildman–Crippen MR) is 183 cm³/mol. The fourth-order valence-corrected chi connectivity index (χ4v) is 5.12. The maximum absolute atomic E-state index is 12.3. The Morgan fingerprint density at radius 2 is 1.69 bits per heavy atom. The molecule has 0 radical (unpaired) electrons. The molecule has 0 aliphatic heterocycles. The van der Waals surface area contributed by atoms with Crippen LogP contribution in [0.25, 0.3) is 0 Å². The van der Waals surface area contributed by atoms with Crippen LogP contribution in [0.1, 0.15) is 28.4 Å². The van der Waals surface area contributed by atoms with E-state index in [1.807, 2.05) is 38.1 Å². The number of aldehydes is 1. The molecule has 0 saturated heterocycles. The zero-order valence-electron chi connectivity index (χ0n) is 25.5. The van der Waals surface area contributed by atoms with E-state index >= 15 is 0 Å². The van der Waals surface area contributed by atoms with Gasteiger partial charge in [-0.2, -0.15) is 28.5 Å². The summed E-state index contributed by atoms with van der Waals surface area (Å²) in [5.74, 6) is -0.424. The first-order chi connectivity index (χ1) is 23.0. The molecule has 0 fully saturated rings. The first-order valence-electron chi connectivity index (χ1n) is 14.3. The van der Waals surface area contributed by atoms with Crippen LogP contribution in [0.3, 0.4) is 0 Å². The van der Waals surface area contributed by atoms with Crippen molar-refractivity contribution < 1.29 is 22.9 Å².